The van der Waals surface area contributed by atoms with Gasteiger partial charge < -0.3 is 15.5 Å². The first-order valence-electron chi connectivity index (χ1n) is 9.29. The number of aryl methyl sites for hydroxylation is 1. The van der Waals surface area contributed by atoms with Gasteiger partial charge in [-0.05, 0) is 50.9 Å². The SMILES string of the molecule is Cc1cccc(CN(CC(C)C)C2CCNCC2)n1.O=C(O)C=CC(=O)O. The van der Waals surface area contributed by atoms with Gasteiger partial charge in [0.25, 0.3) is 0 Å². The first-order chi connectivity index (χ1) is 12.8. The Balaban J connectivity index is 0.000000387. The van der Waals surface area contributed by atoms with E-state index in [1.165, 1.54) is 25.1 Å². The summed E-state index contributed by atoms with van der Waals surface area (Å²) >= 11 is 0. The summed E-state index contributed by atoms with van der Waals surface area (Å²) in [5.41, 5.74) is 2.33. The number of nitrogens with zero attached hydrogens (tertiary/aromatic N) is 2. The quantitative estimate of drug-likeness (QED) is 0.627. The number of carbonyl (C=O) groups is 2. The molecule has 7 nitrogen and oxygen atoms in total. The van der Waals surface area contributed by atoms with Gasteiger partial charge >= 0.3 is 11.9 Å². The van der Waals surface area contributed by atoms with Crippen molar-refractivity contribution in [3.8, 4) is 0 Å². The van der Waals surface area contributed by atoms with Gasteiger partial charge in [0.05, 0.1) is 5.69 Å². The summed E-state index contributed by atoms with van der Waals surface area (Å²) in [6.07, 6.45) is 3.64. The standard InChI is InChI=1S/C16H27N3.C4H4O4/c1-13(2)11-19(16-7-9-17-10-8-16)12-15-6-4-5-14(3)18-15;5-3(6)1-2-4(7)8/h4-6,13,16-17H,7-12H2,1-3H3;1-2H,(H,5,6)(H,7,8). The van der Waals surface area contributed by atoms with E-state index < -0.39 is 11.9 Å². The van der Waals surface area contributed by atoms with Crippen LogP contribution in [0.3, 0.4) is 0 Å². The highest BCUT2D eigenvalue weighted by molar-refractivity contribution is 5.89. The number of aromatic nitrogens is 1. The highest BCUT2D eigenvalue weighted by atomic mass is 16.4. The fourth-order valence-corrected chi connectivity index (χ4v) is 3.02. The molecule has 1 aromatic rings. The Labute approximate surface area is 161 Å². The Morgan fingerprint density at radius 1 is 1.22 bits per heavy atom. The lowest BCUT2D eigenvalue weighted by Crippen LogP contribution is -2.44. The van der Waals surface area contributed by atoms with Crippen molar-refractivity contribution in [2.24, 2.45) is 5.92 Å². The molecule has 0 unspecified atom stereocenters. The van der Waals surface area contributed by atoms with E-state index in [1.54, 1.807) is 0 Å². The van der Waals surface area contributed by atoms with Gasteiger partial charge in [-0.3, -0.25) is 9.88 Å². The van der Waals surface area contributed by atoms with Crippen LogP contribution < -0.4 is 5.32 Å². The molecule has 0 bridgehead atoms. The van der Waals surface area contributed by atoms with Crippen LogP contribution in [0.5, 0.6) is 0 Å². The largest absolute Gasteiger partial charge is 0.478 e. The minimum absolute atomic E-state index is 0.558. The zero-order chi connectivity index (χ0) is 20.2. The fraction of sp³-hybridized carbons (Fsp3) is 0.550. The van der Waals surface area contributed by atoms with Crippen LogP contribution in [-0.4, -0.2) is 57.7 Å². The number of hydrogen-bond donors (Lipinski definition) is 3. The monoisotopic (exact) mass is 377 g/mol. The maximum absolute atomic E-state index is 9.55. The van der Waals surface area contributed by atoms with E-state index in [0.29, 0.717) is 24.1 Å². The van der Waals surface area contributed by atoms with Gasteiger partial charge in [-0.1, -0.05) is 19.9 Å². The number of carboxylic acid groups (broad SMARTS) is 2. The predicted octanol–water partition coefficient (Wildman–Crippen LogP) is 2.31. The summed E-state index contributed by atoms with van der Waals surface area (Å²) in [7, 11) is 0. The molecule has 7 heteroatoms. The highest BCUT2D eigenvalue weighted by Gasteiger charge is 2.22. The molecular weight excluding hydrogens is 346 g/mol. The molecular formula is C20H31N3O4. The smallest absolute Gasteiger partial charge is 0.328 e. The Morgan fingerprint density at radius 3 is 2.30 bits per heavy atom. The van der Waals surface area contributed by atoms with Crippen LogP contribution in [0.4, 0.5) is 0 Å². The van der Waals surface area contributed by atoms with E-state index >= 15 is 0 Å². The molecule has 0 saturated carbocycles. The molecule has 0 radical (unpaired) electrons. The molecule has 27 heavy (non-hydrogen) atoms. The minimum Gasteiger partial charge on any atom is -0.478 e. The van der Waals surface area contributed by atoms with Crippen molar-refractivity contribution < 1.29 is 19.8 Å². The van der Waals surface area contributed by atoms with Crippen LogP contribution in [0.25, 0.3) is 0 Å². The van der Waals surface area contributed by atoms with Crippen molar-refractivity contribution >= 4 is 11.9 Å². The van der Waals surface area contributed by atoms with Crippen molar-refractivity contribution in [2.75, 3.05) is 19.6 Å². The Kier molecular flexibility index (Phi) is 10.3. The summed E-state index contributed by atoms with van der Waals surface area (Å²) < 4.78 is 0. The summed E-state index contributed by atoms with van der Waals surface area (Å²) in [6.45, 7) is 11.1. The van der Waals surface area contributed by atoms with Crippen LogP contribution in [0.1, 0.15) is 38.1 Å². The van der Waals surface area contributed by atoms with Crippen molar-refractivity contribution in [1.82, 2.24) is 15.2 Å². The van der Waals surface area contributed by atoms with Gasteiger partial charge in [0.15, 0.2) is 0 Å². The molecule has 0 atom stereocenters. The molecule has 1 saturated heterocycles. The lowest BCUT2D eigenvalue weighted by molar-refractivity contribution is -0.134. The number of pyridine rings is 1. The van der Waals surface area contributed by atoms with Crippen molar-refractivity contribution in [3.05, 3.63) is 41.7 Å². The summed E-state index contributed by atoms with van der Waals surface area (Å²) in [5, 5.41) is 19.1. The number of carboxylic acids is 2. The predicted molar refractivity (Wildman–Crippen MR) is 105 cm³/mol. The first-order valence-corrected chi connectivity index (χ1v) is 9.29. The Morgan fingerprint density at radius 2 is 1.81 bits per heavy atom. The zero-order valence-corrected chi connectivity index (χ0v) is 16.4. The average molecular weight is 377 g/mol. The lowest BCUT2D eigenvalue weighted by atomic mass is 10.0. The maximum atomic E-state index is 9.55. The van der Waals surface area contributed by atoms with E-state index in [0.717, 1.165) is 25.3 Å². The second-order valence-electron chi connectivity index (χ2n) is 7.08. The van der Waals surface area contributed by atoms with E-state index in [9.17, 15) is 9.59 Å². The zero-order valence-electron chi connectivity index (χ0n) is 16.4. The normalized spacial score (nSPS) is 15.0. The highest BCUT2D eigenvalue weighted by Crippen LogP contribution is 2.17. The molecule has 2 rings (SSSR count). The van der Waals surface area contributed by atoms with Crippen LogP contribution in [0, 0.1) is 12.8 Å². The van der Waals surface area contributed by atoms with Gasteiger partial charge in [-0.2, -0.15) is 0 Å². The van der Waals surface area contributed by atoms with Gasteiger partial charge in [0.2, 0.25) is 0 Å². The molecule has 2 heterocycles. The number of hydrogen-bond acceptors (Lipinski definition) is 5. The first kappa shape index (κ1) is 22.8. The second-order valence-corrected chi connectivity index (χ2v) is 7.08. The number of rotatable bonds is 7. The van der Waals surface area contributed by atoms with Crippen molar-refractivity contribution in [1.29, 1.82) is 0 Å². The maximum Gasteiger partial charge on any atom is 0.328 e. The van der Waals surface area contributed by atoms with Crippen LogP contribution >= 0.6 is 0 Å². The molecule has 1 fully saturated rings. The molecule has 1 aliphatic rings. The van der Waals surface area contributed by atoms with E-state index in [2.05, 4.69) is 54.2 Å². The molecule has 0 amide bonds. The van der Waals surface area contributed by atoms with Crippen LogP contribution in [0.2, 0.25) is 0 Å². The van der Waals surface area contributed by atoms with Gasteiger partial charge in [-0.15, -0.1) is 0 Å². The molecule has 0 spiro atoms. The third-order valence-corrected chi connectivity index (χ3v) is 4.10. The van der Waals surface area contributed by atoms with Crippen molar-refractivity contribution in [3.63, 3.8) is 0 Å². The lowest BCUT2D eigenvalue weighted by Gasteiger charge is -2.35. The Bertz CT molecular complexity index is 609. The van der Waals surface area contributed by atoms with E-state index in [1.807, 2.05) is 0 Å². The molecule has 0 aromatic carbocycles. The number of aliphatic carboxylic acids is 2. The molecule has 1 aromatic heterocycles. The van der Waals surface area contributed by atoms with Gasteiger partial charge in [0, 0.05) is 37.0 Å². The van der Waals surface area contributed by atoms with Crippen LogP contribution in [-0.2, 0) is 16.1 Å². The van der Waals surface area contributed by atoms with E-state index in [4.69, 9.17) is 10.2 Å². The molecule has 3 N–H and O–H groups in total. The third kappa shape index (κ3) is 10.5. The fourth-order valence-electron chi connectivity index (χ4n) is 3.02. The average Bonchev–Trinajstić information content (AvgIpc) is 2.60. The van der Waals surface area contributed by atoms with Gasteiger partial charge in [0.1, 0.15) is 0 Å². The molecule has 150 valence electrons. The third-order valence-electron chi connectivity index (χ3n) is 4.10. The number of nitrogens with one attached hydrogen (secondary N) is 1. The Hall–Kier alpha value is -2.25. The molecule has 0 aliphatic carbocycles. The van der Waals surface area contributed by atoms with E-state index in [-0.39, 0.29) is 0 Å². The minimum atomic E-state index is -1.26. The summed E-state index contributed by atoms with van der Waals surface area (Å²) in [6, 6.07) is 7.06. The van der Waals surface area contributed by atoms with Gasteiger partial charge in [-0.25, -0.2) is 9.59 Å². The second kappa shape index (κ2) is 12.2. The summed E-state index contributed by atoms with van der Waals surface area (Å²) in [5.74, 6) is -1.81. The summed E-state index contributed by atoms with van der Waals surface area (Å²) in [4.78, 5) is 26.4. The topological polar surface area (TPSA) is 103 Å². The van der Waals surface area contributed by atoms with Crippen LogP contribution in [0.15, 0.2) is 30.4 Å². The molecule has 1 aliphatic heterocycles. The van der Waals surface area contributed by atoms with Crippen molar-refractivity contribution in [2.45, 2.75) is 46.2 Å². The number of piperidine rings is 1.